The summed E-state index contributed by atoms with van der Waals surface area (Å²) in [5.41, 5.74) is 5.36. The lowest BCUT2D eigenvalue weighted by Crippen LogP contribution is -2.50. The van der Waals surface area contributed by atoms with Crippen LogP contribution in [0.3, 0.4) is 0 Å². The Morgan fingerprint density at radius 2 is 1.62 bits per heavy atom. The van der Waals surface area contributed by atoms with E-state index in [-0.39, 0.29) is 24.9 Å². The summed E-state index contributed by atoms with van der Waals surface area (Å²) in [6.07, 6.45) is 0. The third kappa shape index (κ3) is 6.17. The van der Waals surface area contributed by atoms with Crippen molar-refractivity contribution in [1.82, 2.24) is 15.8 Å². The lowest BCUT2D eigenvalue weighted by molar-refractivity contribution is -0.138. The fourth-order valence-corrected chi connectivity index (χ4v) is 3.20. The number of carbonyl (C=O) groups is 3. The predicted molar refractivity (Wildman–Crippen MR) is 115 cm³/mol. The van der Waals surface area contributed by atoms with Gasteiger partial charge in [-0.25, -0.2) is 4.39 Å². The highest BCUT2D eigenvalue weighted by molar-refractivity contribution is 5.95. The van der Waals surface area contributed by atoms with Crippen LogP contribution in [0.5, 0.6) is 5.75 Å². The standard InChI is InChI=1S/C22H25FN4O5/c1-31-17-8-6-16(7-9-17)22(30)25-24-20(28)14-32-15-21(29)27-12-10-26(11-13-27)19-5-3-2-4-18(19)23/h2-9H,10-15H2,1H3,(H,24,28)(H,25,30). The Balaban J connectivity index is 1.33. The third-order valence-corrected chi connectivity index (χ3v) is 4.95. The topological polar surface area (TPSA) is 100 Å². The zero-order chi connectivity index (χ0) is 22.9. The number of piperazine rings is 1. The van der Waals surface area contributed by atoms with Gasteiger partial charge in [0.05, 0.1) is 12.8 Å². The van der Waals surface area contributed by atoms with Crippen LogP contribution in [-0.2, 0) is 14.3 Å². The van der Waals surface area contributed by atoms with Gasteiger partial charge >= 0.3 is 0 Å². The van der Waals surface area contributed by atoms with Gasteiger partial charge in [0.15, 0.2) is 0 Å². The highest BCUT2D eigenvalue weighted by Crippen LogP contribution is 2.20. The summed E-state index contributed by atoms with van der Waals surface area (Å²) in [4.78, 5) is 39.6. The molecule has 0 aliphatic carbocycles. The number of carbonyl (C=O) groups excluding carboxylic acids is 3. The monoisotopic (exact) mass is 444 g/mol. The molecule has 32 heavy (non-hydrogen) atoms. The number of ether oxygens (including phenoxy) is 2. The molecule has 3 rings (SSSR count). The Bertz CT molecular complexity index is 946. The van der Waals surface area contributed by atoms with Crippen LogP contribution < -0.4 is 20.5 Å². The van der Waals surface area contributed by atoms with Gasteiger partial charge in [-0.3, -0.25) is 25.2 Å². The number of para-hydroxylation sites is 1. The van der Waals surface area contributed by atoms with Crippen molar-refractivity contribution >= 4 is 23.4 Å². The average Bonchev–Trinajstić information content (AvgIpc) is 2.83. The van der Waals surface area contributed by atoms with Crippen molar-refractivity contribution in [1.29, 1.82) is 0 Å². The molecule has 0 saturated carbocycles. The zero-order valence-electron chi connectivity index (χ0n) is 17.7. The molecule has 9 nitrogen and oxygen atoms in total. The summed E-state index contributed by atoms with van der Waals surface area (Å²) in [6, 6.07) is 12.9. The van der Waals surface area contributed by atoms with E-state index in [0.29, 0.717) is 43.2 Å². The number of hydrogen-bond donors (Lipinski definition) is 2. The van der Waals surface area contributed by atoms with Crippen LogP contribution in [0, 0.1) is 5.82 Å². The number of halogens is 1. The second-order valence-electron chi connectivity index (χ2n) is 7.04. The highest BCUT2D eigenvalue weighted by Gasteiger charge is 2.22. The van der Waals surface area contributed by atoms with E-state index in [1.807, 2.05) is 4.90 Å². The second kappa shape index (κ2) is 11.1. The average molecular weight is 444 g/mol. The van der Waals surface area contributed by atoms with Crippen molar-refractivity contribution in [3.8, 4) is 5.75 Å². The molecule has 0 atom stereocenters. The van der Waals surface area contributed by atoms with Crippen LogP contribution in [0.4, 0.5) is 10.1 Å². The van der Waals surface area contributed by atoms with Crippen molar-refractivity contribution in [3.05, 3.63) is 59.9 Å². The Labute approximate surface area is 185 Å². The maximum Gasteiger partial charge on any atom is 0.269 e. The van der Waals surface area contributed by atoms with Crippen molar-refractivity contribution in [3.63, 3.8) is 0 Å². The van der Waals surface area contributed by atoms with Gasteiger partial charge in [-0.2, -0.15) is 0 Å². The lowest BCUT2D eigenvalue weighted by atomic mass is 10.2. The molecule has 2 aromatic rings. The Morgan fingerprint density at radius 1 is 0.938 bits per heavy atom. The number of amides is 3. The SMILES string of the molecule is COc1ccc(C(=O)NNC(=O)COCC(=O)N2CCN(c3ccccc3F)CC2)cc1. The van der Waals surface area contributed by atoms with E-state index in [1.54, 1.807) is 47.4 Å². The van der Waals surface area contributed by atoms with Gasteiger partial charge < -0.3 is 19.3 Å². The van der Waals surface area contributed by atoms with Gasteiger partial charge in [0.25, 0.3) is 11.8 Å². The zero-order valence-corrected chi connectivity index (χ0v) is 17.7. The van der Waals surface area contributed by atoms with Gasteiger partial charge in [0.2, 0.25) is 5.91 Å². The molecule has 0 bridgehead atoms. The predicted octanol–water partition coefficient (Wildman–Crippen LogP) is 0.961. The molecule has 170 valence electrons. The van der Waals surface area contributed by atoms with Crippen LogP contribution in [0.2, 0.25) is 0 Å². The van der Waals surface area contributed by atoms with Gasteiger partial charge in [0.1, 0.15) is 24.8 Å². The number of hydrazine groups is 1. The van der Waals surface area contributed by atoms with E-state index >= 15 is 0 Å². The first-order valence-electron chi connectivity index (χ1n) is 10.1. The molecule has 1 fully saturated rings. The molecular weight excluding hydrogens is 419 g/mol. The van der Waals surface area contributed by atoms with Crippen molar-refractivity contribution in [2.75, 3.05) is 51.4 Å². The fraction of sp³-hybridized carbons (Fsp3) is 0.318. The minimum atomic E-state index is -0.593. The quantitative estimate of drug-likeness (QED) is 0.617. The number of rotatable bonds is 7. The van der Waals surface area contributed by atoms with Crippen molar-refractivity contribution in [2.24, 2.45) is 0 Å². The first-order valence-corrected chi connectivity index (χ1v) is 10.1. The van der Waals surface area contributed by atoms with Crippen LogP contribution in [0.25, 0.3) is 0 Å². The normalized spacial score (nSPS) is 13.4. The van der Waals surface area contributed by atoms with Gasteiger partial charge in [-0.05, 0) is 36.4 Å². The minimum absolute atomic E-state index is 0.256. The molecule has 3 amide bonds. The van der Waals surface area contributed by atoms with E-state index in [0.717, 1.165) is 0 Å². The number of hydrogen-bond acceptors (Lipinski definition) is 6. The van der Waals surface area contributed by atoms with Gasteiger partial charge in [-0.15, -0.1) is 0 Å². The smallest absolute Gasteiger partial charge is 0.269 e. The van der Waals surface area contributed by atoms with E-state index < -0.39 is 11.8 Å². The summed E-state index contributed by atoms with van der Waals surface area (Å²) >= 11 is 0. The van der Waals surface area contributed by atoms with E-state index in [4.69, 9.17) is 9.47 Å². The van der Waals surface area contributed by atoms with Crippen LogP contribution >= 0.6 is 0 Å². The largest absolute Gasteiger partial charge is 0.497 e. The molecule has 0 unspecified atom stereocenters. The Hall–Kier alpha value is -3.66. The third-order valence-electron chi connectivity index (χ3n) is 4.95. The van der Waals surface area contributed by atoms with E-state index in [1.165, 1.54) is 13.2 Å². The molecular formula is C22H25FN4O5. The summed E-state index contributed by atoms with van der Waals surface area (Å²) in [5.74, 6) is -1.03. The number of benzene rings is 2. The molecule has 1 aliphatic heterocycles. The molecule has 0 spiro atoms. The maximum atomic E-state index is 13.9. The maximum absolute atomic E-state index is 13.9. The molecule has 1 saturated heterocycles. The number of methoxy groups -OCH3 is 1. The number of nitrogens with one attached hydrogen (secondary N) is 2. The molecule has 10 heteroatoms. The van der Waals surface area contributed by atoms with Crippen LogP contribution in [0.1, 0.15) is 10.4 Å². The summed E-state index contributed by atoms with van der Waals surface area (Å²) in [5, 5.41) is 0. The summed E-state index contributed by atoms with van der Waals surface area (Å²) in [6.45, 7) is 1.22. The van der Waals surface area contributed by atoms with E-state index in [2.05, 4.69) is 10.9 Å². The molecule has 1 aliphatic rings. The molecule has 0 radical (unpaired) electrons. The highest BCUT2D eigenvalue weighted by atomic mass is 19.1. The van der Waals surface area contributed by atoms with Crippen LogP contribution in [-0.4, -0.2) is 69.1 Å². The number of anilines is 1. The fourth-order valence-electron chi connectivity index (χ4n) is 3.20. The van der Waals surface area contributed by atoms with Gasteiger partial charge in [0, 0.05) is 31.7 Å². The minimum Gasteiger partial charge on any atom is -0.497 e. The van der Waals surface area contributed by atoms with E-state index in [9.17, 15) is 18.8 Å². The summed E-state index contributed by atoms with van der Waals surface area (Å²) < 4.78 is 24.1. The molecule has 2 N–H and O–H groups in total. The Morgan fingerprint density at radius 3 is 2.28 bits per heavy atom. The van der Waals surface area contributed by atoms with Crippen LogP contribution in [0.15, 0.2) is 48.5 Å². The first-order chi connectivity index (χ1) is 15.5. The number of nitrogens with zero attached hydrogens (tertiary/aromatic N) is 2. The summed E-state index contributed by atoms with van der Waals surface area (Å²) in [7, 11) is 1.52. The van der Waals surface area contributed by atoms with Gasteiger partial charge in [-0.1, -0.05) is 12.1 Å². The second-order valence-corrected chi connectivity index (χ2v) is 7.04. The Kier molecular flexibility index (Phi) is 7.98. The van der Waals surface area contributed by atoms with Crippen molar-refractivity contribution in [2.45, 2.75) is 0 Å². The molecule has 0 aromatic heterocycles. The molecule has 1 heterocycles. The molecule has 2 aromatic carbocycles. The first kappa shape index (κ1) is 23.0. The lowest BCUT2D eigenvalue weighted by Gasteiger charge is -2.36. The van der Waals surface area contributed by atoms with Crippen molar-refractivity contribution < 1.29 is 28.2 Å².